The van der Waals surface area contributed by atoms with Crippen LogP contribution in [-0.2, 0) is 4.74 Å². The Bertz CT molecular complexity index is 318. The van der Waals surface area contributed by atoms with Crippen molar-refractivity contribution in [3.8, 4) is 0 Å². The maximum atomic E-state index is 5.57. The van der Waals surface area contributed by atoms with Gasteiger partial charge in [-0.15, -0.1) is 0 Å². The van der Waals surface area contributed by atoms with E-state index in [-0.39, 0.29) is 0 Å². The molecular formula is C18H35NO. The highest BCUT2D eigenvalue weighted by Gasteiger charge is 2.49. The predicted molar refractivity (Wildman–Crippen MR) is 85.9 cm³/mol. The highest BCUT2D eigenvalue weighted by atomic mass is 16.5. The molecule has 4 unspecified atom stereocenters. The lowest BCUT2D eigenvalue weighted by Gasteiger charge is -2.52. The Labute approximate surface area is 126 Å². The number of hydrogen-bond donors (Lipinski definition) is 1. The zero-order chi connectivity index (χ0) is 15.0. The van der Waals surface area contributed by atoms with E-state index in [1.54, 1.807) is 0 Å². The Kier molecular flexibility index (Phi) is 4.86. The van der Waals surface area contributed by atoms with Crippen LogP contribution in [0.1, 0.15) is 73.1 Å². The molecule has 0 heterocycles. The first-order chi connectivity index (χ1) is 9.25. The summed E-state index contributed by atoms with van der Waals surface area (Å²) in [6, 6.07) is 1.37. The third kappa shape index (κ3) is 3.39. The summed E-state index contributed by atoms with van der Waals surface area (Å²) in [6.07, 6.45) is 8.53. The molecule has 2 saturated carbocycles. The normalized spacial score (nSPS) is 38.1. The van der Waals surface area contributed by atoms with Gasteiger partial charge in [0.05, 0.1) is 6.10 Å². The van der Waals surface area contributed by atoms with Crippen molar-refractivity contribution in [3.05, 3.63) is 0 Å². The molecule has 2 heteroatoms. The summed E-state index contributed by atoms with van der Waals surface area (Å²) in [5.41, 5.74) is 0.774. The standard InChI is InChI=1S/C18H35NO/c1-17(2,3)13-8-7-9-14(11-10-13)19-15-12-16(20-6)18(15,4)5/h13-16,19H,7-12H2,1-6H3. The molecule has 2 aliphatic rings. The molecule has 0 radical (unpaired) electrons. The van der Waals surface area contributed by atoms with Gasteiger partial charge in [0.1, 0.15) is 0 Å². The van der Waals surface area contributed by atoms with Gasteiger partial charge < -0.3 is 10.1 Å². The molecular weight excluding hydrogens is 246 g/mol. The van der Waals surface area contributed by atoms with Gasteiger partial charge in [0.2, 0.25) is 0 Å². The number of hydrogen-bond acceptors (Lipinski definition) is 2. The summed E-state index contributed by atoms with van der Waals surface area (Å²) in [4.78, 5) is 0. The van der Waals surface area contributed by atoms with Gasteiger partial charge in [0.15, 0.2) is 0 Å². The Morgan fingerprint density at radius 1 is 1.05 bits per heavy atom. The quantitative estimate of drug-likeness (QED) is 0.775. The van der Waals surface area contributed by atoms with Crippen LogP contribution in [0, 0.1) is 16.7 Å². The Morgan fingerprint density at radius 2 is 1.75 bits per heavy atom. The average molecular weight is 281 g/mol. The fourth-order valence-corrected chi connectivity index (χ4v) is 4.19. The predicted octanol–water partition coefficient (Wildman–Crippen LogP) is 4.38. The second-order valence-electron chi connectivity index (χ2n) is 8.77. The van der Waals surface area contributed by atoms with E-state index in [0.29, 0.717) is 23.0 Å². The second-order valence-corrected chi connectivity index (χ2v) is 8.77. The summed E-state index contributed by atoms with van der Waals surface area (Å²) < 4.78 is 5.57. The van der Waals surface area contributed by atoms with Crippen LogP contribution >= 0.6 is 0 Å². The zero-order valence-electron chi connectivity index (χ0n) is 14.5. The van der Waals surface area contributed by atoms with Crippen molar-refractivity contribution in [3.63, 3.8) is 0 Å². The van der Waals surface area contributed by atoms with Crippen LogP contribution in [0.15, 0.2) is 0 Å². The van der Waals surface area contributed by atoms with Gasteiger partial charge in [-0.2, -0.15) is 0 Å². The third-order valence-corrected chi connectivity index (χ3v) is 6.09. The lowest BCUT2D eigenvalue weighted by molar-refractivity contribution is -0.101. The molecule has 0 aromatic carbocycles. The smallest absolute Gasteiger partial charge is 0.0652 e. The van der Waals surface area contributed by atoms with E-state index < -0.39 is 0 Å². The maximum Gasteiger partial charge on any atom is 0.0652 e. The van der Waals surface area contributed by atoms with Crippen molar-refractivity contribution in [1.29, 1.82) is 0 Å². The molecule has 0 aliphatic heterocycles. The van der Waals surface area contributed by atoms with Gasteiger partial charge in [-0.3, -0.25) is 0 Å². The number of ether oxygens (including phenoxy) is 1. The van der Waals surface area contributed by atoms with Crippen LogP contribution in [0.25, 0.3) is 0 Å². The molecule has 2 aliphatic carbocycles. The Hall–Kier alpha value is -0.0800. The fourth-order valence-electron chi connectivity index (χ4n) is 4.19. The van der Waals surface area contributed by atoms with Gasteiger partial charge in [-0.1, -0.05) is 41.0 Å². The van der Waals surface area contributed by atoms with Gasteiger partial charge in [0.25, 0.3) is 0 Å². The van der Waals surface area contributed by atoms with Crippen LogP contribution in [0.4, 0.5) is 0 Å². The molecule has 20 heavy (non-hydrogen) atoms. The monoisotopic (exact) mass is 281 g/mol. The summed E-state index contributed by atoms with van der Waals surface area (Å²) in [5, 5.41) is 3.94. The molecule has 0 amide bonds. The van der Waals surface area contributed by atoms with Gasteiger partial charge >= 0.3 is 0 Å². The minimum atomic E-state index is 0.296. The number of methoxy groups -OCH3 is 1. The molecule has 1 N–H and O–H groups in total. The molecule has 0 bridgehead atoms. The van der Waals surface area contributed by atoms with E-state index in [1.807, 2.05) is 7.11 Å². The molecule has 2 rings (SSSR count). The first-order valence-corrected chi connectivity index (χ1v) is 8.54. The molecule has 118 valence electrons. The van der Waals surface area contributed by atoms with E-state index in [0.717, 1.165) is 12.0 Å². The van der Waals surface area contributed by atoms with Crippen LogP contribution in [0.2, 0.25) is 0 Å². The van der Waals surface area contributed by atoms with E-state index in [1.165, 1.54) is 38.5 Å². The van der Waals surface area contributed by atoms with E-state index in [9.17, 15) is 0 Å². The van der Waals surface area contributed by atoms with Crippen LogP contribution in [0.3, 0.4) is 0 Å². The molecule has 0 aromatic rings. The number of rotatable bonds is 3. The molecule has 2 fully saturated rings. The van der Waals surface area contributed by atoms with E-state index in [2.05, 4.69) is 39.9 Å². The van der Waals surface area contributed by atoms with Crippen LogP contribution in [0.5, 0.6) is 0 Å². The summed E-state index contributed by atoms with van der Waals surface area (Å²) in [6.45, 7) is 11.9. The van der Waals surface area contributed by atoms with Crippen LogP contribution < -0.4 is 5.32 Å². The van der Waals surface area contributed by atoms with Gasteiger partial charge in [-0.05, 0) is 43.4 Å². The highest BCUT2D eigenvalue weighted by molar-refractivity contribution is 5.03. The first-order valence-electron chi connectivity index (χ1n) is 8.54. The zero-order valence-corrected chi connectivity index (χ0v) is 14.5. The lowest BCUT2D eigenvalue weighted by atomic mass is 9.64. The van der Waals surface area contributed by atoms with Crippen molar-refractivity contribution in [2.45, 2.75) is 91.3 Å². The van der Waals surface area contributed by atoms with Gasteiger partial charge in [0, 0.05) is 24.6 Å². The summed E-state index contributed by atoms with van der Waals surface area (Å²) in [5.74, 6) is 0.899. The van der Waals surface area contributed by atoms with Gasteiger partial charge in [-0.25, -0.2) is 0 Å². The molecule has 4 atom stereocenters. The lowest BCUT2D eigenvalue weighted by Crippen LogP contribution is -2.62. The molecule has 0 aromatic heterocycles. The molecule has 0 saturated heterocycles. The van der Waals surface area contributed by atoms with Crippen molar-refractivity contribution in [1.82, 2.24) is 5.32 Å². The van der Waals surface area contributed by atoms with Crippen LogP contribution in [-0.4, -0.2) is 25.3 Å². The summed E-state index contributed by atoms with van der Waals surface area (Å²) in [7, 11) is 1.85. The second kappa shape index (κ2) is 5.96. The van der Waals surface area contributed by atoms with Crippen molar-refractivity contribution >= 4 is 0 Å². The van der Waals surface area contributed by atoms with E-state index in [4.69, 9.17) is 4.74 Å². The summed E-state index contributed by atoms with van der Waals surface area (Å²) >= 11 is 0. The molecule has 2 nitrogen and oxygen atoms in total. The Balaban J connectivity index is 1.84. The van der Waals surface area contributed by atoms with Crippen molar-refractivity contribution in [2.24, 2.45) is 16.7 Å². The fraction of sp³-hybridized carbons (Fsp3) is 1.00. The topological polar surface area (TPSA) is 21.3 Å². The van der Waals surface area contributed by atoms with Crippen molar-refractivity contribution < 1.29 is 4.74 Å². The average Bonchev–Trinajstić information content (AvgIpc) is 2.58. The van der Waals surface area contributed by atoms with E-state index >= 15 is 0 Å². The number of nitrogens with one attached hydrogen (secondary N) is 1. The highest BCUT2D eigenvalue weighted by Crippen LogP contribution is 2.43. The first kappa shape index (κ1) is 16.3. The SMILES string of the molecule is COC1CC(NC2CCCC(C(C)(C)C)CC2)C1(C)C. The largest absolute Gasteiger partial charge is 0.381 e. The Morgan fingerprint density at radius 3 is 2.30 bits per heavy atom. The molecule has 0 spiro atoms. The minimum Gasteiger partial charge on any atom is -0.381 e. The van der Waals surface area contributed by atoms with Crippen molar-refractivity contribution in [2.75, 3.05) is 7.11 Å². The third-order valence-electron chi connectivity index (χ3n) is 6.09. The minimum absolute atomic E-state index is 0.296. The maximum absolute atomic E-state index is 5.57.